The molecule has 1 aromatic heterocycles. The first-order chi connectivity index (χ1) is 8.86. The number of rotatable bonds is 4. The third-order valence-corrected chi connectivity index (χ3v) is 6.32. The van der Waals surface area contributed by atoms with Gasteiger partial charge in [-0.25, -0.2) is 8.42 Å². The van der Waals surface area contributed by atoms with Gasteiger partial charge in [0.05, 0.1) is 6.54 Å². The monoisotopic (exact) mass is 350 g/mol. The summed E-state index contributed by atoms with van der Waals surface area (Å²) in [6.07, 6.45) is 0. The Balaban J connectivity index is 2.30. The van der Waals surface area contributed by atoms with Crippen LogP contribution in [0.3, 0.4) is 0 Å². The summed E-state index contributed by atoms with van der Waals surface area (Å²) in [6, 6.07) is 1.59. The van der Waals surface area contributed by atoms with Gasteiger partial charge >= 0.3 is 0 Å². The lowest BCUT2D eigenvalue weighted by molar-refractivity contribution is 0.452. The summed E-state index contributed by atoms with van der Waals surface area (Å²) in [7, 11) is -1.68. The summed E-state index contributed by atoms with van der Waals surface area (Å²) in [5, 5.41) is 2.94. The Bertz CT molecular complexity index is 545. The number of furan rings is 1. The van der Waals surface area contributed by atoms with Gasteiger partial charge in [0.2, 0.25) is 10.0 Å². The second-order valence-electron chi connectivity index (χ2n) is 5.16. The Labute approximate surface area is 122 Å². The van der Waals surface area contributed by atoms with E-state index in [1.54, 1.807) is 17.4 Å². The molecule has 0 aromatic carbocycles. The highest BCUT2D eigenvalue weighted by Crippen LogP contribution is 2.33. The second kappa shape index (κ2) is 5.55. The molecule has 1 saturated heterocycles. The molecule has 2 heterocycles. The van der Waals surface area contributed by atoms with Gasteiger partial charge < -0.3 is 9.73 Å². The molecule has 1 N–H and O–H groups in total. The van der Waals surface area contributed by atoms with Crippen LogP contribution in [0.1, 0.15) is 19.6 Å². The van der Waals surface area contributed by atoms with E-state index >= 15 is 0 Å². The van der Waals surface area contributed by atoms with Crippen molar-refractivity contribution in [3.05, 3.63) is 16.5 Å². The summed E-state index contributed by atoms with van der Waals surface area (Å²) in [6.45, 7) is 5.81. The van der Waals surface area contributed by atoms with Crippen molar-refractivity contribution in [2.24, 2.45) is 11.8 Å². The van der Waals surface area contributed by atoms with Crippen LogP contribution >= 0.6 is 15.9 Å². The van der Waals surface area contributed by atoms with E-state index in [0.29, 0.717) is 37.2 Å². The molecule has 1 aromatic rings. The van der Waals surface area contributed by atoms with E-state index in [9.17, 15) is 8.42 Å². The molecule has 0 amide bonds. The fourth-order valence-corrected chi connectivity index (χ4v) is 4.85. The van der Waals surface area contributed by atoms with Gasteiger partial charge in [-0.2, -0.15) is 4.31 Å². The summed E-state index contributed by atoms with van der Waals surface area (Å²) in [5.74, 6) is 1.38. The minimum absolute atomic E-state index is 0.221. The van der Waals surface area contributed by atoms with Crippen LogP contribution in [-0.2, 0) is 16.6 Å². The first-order valence-corrected chi connectivity index (χ1v) is 8.52. The van der Waals surface area contributed by atoms with Gasteiger partial charge in [0.15, 0.2) is 4.67 Å². The van der Waals surface area contributed by atoms with Crippen LogP contribution in [-0.4, -0.2) is 32.9 Å². The van der Waals surface area contributed by atoms with Crippen molar-refractivity contribution in [2.45, 2.75) is 25.3 Å². The van der Waals surface area contributed by atoms with E-state index in [-0.39, 0.29) is 9.56 Å². The Morgan fingerprint density at radius 3 is 2.53 bits per heavy atom. The molecule has 0 aliphatic carbocycles. The quantitative estimate of drug-likeness (QED) is 0.902. The molecule has 0 bridgehead atoms. The van der Waals surface area contributed by atoms with E-state index in [1.165, 1.54) is 0 Å². The van der Waals surface area contributed by atoms with Crippen LogP contribution in [0.15, 0.2) is 20.0 Å². The normalized spacial score (nSPS) is 25.1. The SMILES string of the molecule is CNCc1cc(S(=O)(=O)N2CC(C)C(C)C2)c(Br)o1. The van der Waals surface area contributed by atoms with E-state index in [1.807, 2.05) is 0 Å². The lowest BCUT2D eigenvalue weighted by Gasteiger charge is -2.14. The minimum Gasteiger partial charge on any atom is -0.452 e. The van der Waals surface area contributed by atoms with Gasteiger partial charge in [-0.05, 0) is 34.8 Å². The lowest BCUT2D eigenvalue weighted by Crippen LogP contribution is -2.29. The number of hydrogen-bond acceptors (Lipinski definition) is 4. The zero-order valence-electron chi connectivity index (χ0n) is 11.3. The topological polar surface area (TPSA) is 62.6 Å². The highest BCUT2D eigenvalue weighted by molar-refractivity contribution is 9.10. The highest BCUT2D eigenvalue weighted by atomic mass is 79.9. The summed E-state index contributed by atoms with van der Waals surface area (Å²) < 4.78 is 32.4. The zero-order valence-corrected chi connectivity index (χ0v) is 13.7. The predicted molar refractivity (Wildman–Crippen MR) is 76.3 cm³/mol. The molecule has 0 spiro atoms. The standard InChI is InChI=1S/C12H19BrN2O3S/c1-8-6-15(7-9(8)2)19(16,17)11-4-10(5-14-3)18-12(11)13/h4,8-9,14H,5-7H2,1-3H3. The zero-order chi connectivity index (χ0) is 14.2. The van der Waals surface area contributed by atoms with Gasteiger partial charge in [-0.15, -0.1) is 0 Å². The molecule has 5 nitrogen and oxygen atoms in total. The van der Waals surface area contributed by atoms with Crippen molar-refractivity contribution < 1.29 is 12.8 Å². The molecule has 1 fully saturated rings. The Morgan fingerprint density at radius 1 is 1.42 bits per heavy atom. The highest BCUT2D eigenvalue weighted by Gasteiger charge is 2.37. The number of nitrogens with one attached hydrogen (secondary N) is 1. The number of sulfonamides is 1. The van der Waals surface area contributed by atoms with Crippen molar-refractivity contribution in [1.82, 2.24) is 9.62 Å². The van der Waals surface area contributed by atoms with E-state index in [2.05, 4.69) is 35.1 Å². The predicted octanol–water partition coefficient (Wildman–Crippen LogP) is 2.04. The van der Waals surface area contributed by atoms with Crippen LogP contribution < -0.4 is 5.32 Å². The average Bonchev–Trinajstić information content (AvgIpc) is 2.85. The Kier molecular flexibility index (Phi) is 4.39. The van der Waals surface area contributed by atoms with Gasteiger partial charge in [0.1, 0.15) is 10.7 Å². The Hall–Kier alpha value is -0.370. The second-order valence-corrected chi connectivity index (χ2v) is 7.78. The van der Waals surface area contributed by atoms with Crippen molar-refractivity contribution in [2.75, 3.05) is 20.1 Å². The minimum atomic E-state index is -3.47. The van der Waals surface area contributed by atoms with Crippen molar-refractivity contribution >= 4 is 26.0 Å². The maximum Gasteiger partial charge on any atom is 0.247 e. The lowest BCUT2D eigenvalue weighted by atomic mass is 10.0. The van der Waals surface area contributed by atoms with Gasteiger partial charge in [-0.1, -0.05) is 13.8 Å². The Morgan fingerprint density at radius 2 is 2.00 bits per heavy atom. The van der Waals surface area contributed by atoms with Crippen molar-refractivity contribution in [3.8, 4) is 0 Å². The summed E-state index contributed by atoms with van der Waals surface area (Å²) in [4.78, 5) is 0.221. The average molecular weight is 351 g/mol. The van der Waals surface area contributed by atoms with Crippen LogP contribution in [0.5, 0.6) is 0 Å². The van der Waals surface area contributed by atoms with Gasteiger partial charge in [0, 0.05) is 19.2 Å². The maximum absolute atomic E-state index is 12.6. The van der Waals surface area contributed by atoms with Crippen LogP contribution in [0.4, 0.5) is 0 Å². The van der Waals surface area contributed by atoms with Gasteiger partial charge in [0.25, 0.3) is 0 Å². The number of halogens is 1. The maximum atomic E-state index is 12.6. The third kappa shape index (κ3) is 2.89. The fourth-order valence-electron chi connectivity index (χ4n) is 2.25. The molecule has 7 heteroatoms. The third-order valence-electron chi connectivity index (χ3n) is 3.63. The van der Waals surface area contributed by atoms with E-state index in [0.717, 1.165) is 0 Å². The van der Waals surface area contributed by atoms with E-state index < -0.39 is 10.0 Å². The smallest absolute Gasteiger partial charge is 0.247 e. The molecule has 2 rings (SSSR count). The molecule has 0 radical (unpaired) electrons. The van der Waals surface area contributed by atoms with Crippen molar-refractivity contribution in [3.63, 3.8) is 0 Å². The number of nitrogens with zero attached hydrogens (tertiary/aromatic N) is 1. The van der Waals surface area contributed by atoms with Crippen LogP contribution in [0.25, 0.3) is 0 Å². The molecular weight excluding hydrogens is 332 g/mol. The van der Waals surface area contributed by atoms with Crippen LogP contribution in [0, 0.1) is 11.8 Å². The van der Waals surface area contributed by atoms with Crippen LogP contribution in [0.2, 0.25) is 0 Å². The fraction of sp³-hybridized carbons (Fsp3) is 0.667. The van der Waals surface area contributed by atoms with E-state index in [4.69, 9.17) is 4.42 Å². The molecular formula is C12H19BrN2O3S. The molecule has 0 saturated carbocycles. The molecule has 108 valence electrons. The molecule has 19 heavy (non-hydrogen) atoms. The first kappa shape index (κ1) is 15.0. The molecule has 2 unspecified atom stereocenters. The molecule has 1 aliphatic heterocycles. The molecule has 1 aliphatic rings. The van der Waals surface area contributed by atoms with Gasteiger partial charge in [-0.3, -0.25) is 0 Å². The molecule has 2 atom stereocenters. The summed E-state index contributed by atoms with van der Waals surface area (Å²) in [5.41, 5.74) is 0. The largest absolute Gasteiger partial charge is 0.452 e. The first-order valence-electron chi connectivity index (χ1n) is 6.29. The summed E-state index contributed by atoms with van der Waals surface area (Å²) >= 11 is 3.20. The van der Waals surface area contributed by atoms with Crippen molar-refractivity contribution in [1.29, 1.82) is 0 Å². The number of hydrogen-bond donors (Lipinski definition) is 1.